The fourth-order valence-corrected chi connectivity index (χ4v) is 1.27. The zero-order valence-electron chi connectivity index (χ0n) is 8.91. The summed E-state index contributed by atoms with van der Waals surface area (Å²) in [5.74, 6) is 1.39. The first-order valence-corrected chi connectivity index (χ1v) is 4.80. The van der Waals surface area contributed by atoms with Gasteiger partial charge >= 0.3 is 0 Å². The molecule has 0 aliphatic heterocycles. The molecule has 0 amide bonds. The Hall–Kier alpha value is -1.31. The van der Waals surface area contributed by atoms with Crippen molar-refractivity contribution in [3.05, 3.63) is 29.8 Å². The van der Waals surface area contributed by atoms with Crippen molar-refractivity contribution in [3.8, 4) is 5.75 Å². The Morgan fingerprint density at radius 1 is 1.29 bits per heavy atom. The van der Waals surface area contributed by atoms with Crippen molar-refractivity contribution in [1.82, 2.24) is 0 Å². The molecule has 0 aromatic heterocycles. The number of Topliss-reactive ketones (excluding diaryl/α,β-unsaturated/α-hetero) is 1. The molecule has 0 fully saturated rings. The molecule has 1 aromatic rings. The van der Waals surface area contributed by atoms with E-state index in [9.17, 15) is 4.79 Å². The largest absolute Gasteiger partial charge is 0.497 e. The number of ether oxygens (including phenoxy) is 1. The van der Waals surface area contributed by atoms with Crippen LogP contribution in [0.4, 0.5) is 0 Å². The third kappa shape index (κ3) is 2.87. The van der Waals surface area contributed by atoms with Gasteiger partial charge in [0.15, 0.2) is 5.78 Å². The summed E-state index contributed by atoms with van der Waals surface area (Å²) < 4.78 is 5.02. The van der Waals surface area contributed by atoms with Gasteiger partial charge < -0.3 is 4.74 Å². The first kappa shape index (κ1) is 10.8. The quantitative estimate of drug-likeness (QED) is 0.685. The monoisotopic (exact) mass is 192 g/mol. The van der Waals surface area contributed by atoms with Crippen LogP contribution in [0.25, 0.3) is 0 Å². The molecule has 0 atom stereocenters. The van der Waals surface area contributed by atoms with E-state index >= 15 is 0 Å². The van der Waals surface area contributed by atoms with Gasteiger partial charge in [-0.15, -0.1) is 0 Å². The minimum absolute atomic E-state index is 0.197. The van der Waals surface area contributed by atoms with Crippen molar-refractivity contribution >= 4 is 5.78 Å². The van der Waals surface area contributed by atoms with E-state index in [2.05, 4.69) is 0 Å². The smallest absolute Gasteiger partial charge is 0.163 e. The highest BCUT2D eigenvalue weighted by Crippen LogP contribution is 2.14. The number of hydrogen-bond donors (Lipinski definition) is 0. The Labute approximate surface area is 84.9 Å². The third-order valence-electron chi connectivity index (χ3n) is 2.01. The molecule has 0 N–H and O–H groups in total. The van der Waals surface area contributed by atoms with Crippen molar-refractivity contribution in [2.24, 2.45) is 5.92 Å². The fourth-order valence-electron chi connectivity index (χ4n) is 1.27. The molecule has 0 heterocycles. The summed E-state index contributed by atoms with van der Waals surface area (Å²) in [6.45, 7) is 4.09. The maximum Gasteiger partial charge on any atom is 0.163 e. The maximum absolute atomic E-state index is 11.6. The summed E-state index contributed by atoms with van der Waals surface area (Å²) in [4.78, 5) is 11.6. The van der Waals surface area contributed by atoms with Gasteiger partial charge in [-0.1, -0.05) is 13.8 Å². The molecular weight excluding hydrogens is 176 g/mol. The maximum atomic E-state index is 11.6. The van der Waals surface area contributed by atoms with Crippen molar-refractivity contribution in [3.63, 3.8) is 0 Å². The third-order valence-corrected chi connectivity index (χ3v) is 2.01. The second kappa shape index (κ2) is 4.80. The van der Waals surface area contributed by atoms with E-state index < -0.39 is 0 Å². The summed E-state index contributed by atoms with van der Waals surface area (Å²) in [7, 11) is 1.62. The average Bonchev–Trinajstić information content (AvgIpc) is 2.17. The zero-order valence-corrected chi connectivity index (χ0v) is 8.91. The molecule has 0 saturated heterocycles. The Balaban J connectivity index is 2.71. The van der Waals surface area contributed by atoms with Gasteiger partial charge in [-0.25, -0.2) is 0 Å². The van der Waals surface area contributed by atoms with Gasteiger partial charge in [0.25, 0.3) is 0 Å². The molecule has 2 heteroatoms. The molecular formula is C12H16O2. The molecule has 1 rings (SSSR count). The predicted octanol–water partition coefficient (Wildman–Crippen LogP) is 2.92. The van der Waals surface area contributed by atoms with E-state index in [1.54, 1.807) is 7.11 Å². The van der Waals surface area contributed by atoms with Crippen LogP contribution >= 0.6 is 0 Å². The van der Waals surface area contributed by atoms with Crippen LogP contribution in [0.1, 0.15) is 30.6 Å². The highest BCUT2D eigenvalue weighted by atomic mass is 16.5. The first-order valence-electron chi connectivity index (χ1n) is 4.80. The molecule has 0 spiro atoms. The number of carbonyl (C=O) groups excluding carboxylic acids is 1. The number of benzene rings is 1. The minimum atomic E-state index is 0.197. The molecule has 0 unspecified atom stereocenters. The lowest BCUT2D eigenvalue weighted by Crippen LogP contribution is -2.03. The van der Waals surface area contributed by atoms with Gasteiger partial charge in [0.2, 0.25) is 0 Å². The summed E-state index contributed by atoms with van der Waals surface area (Å²) in [6.07, 6.45) is 0.604. The summed E-state index contributed by atoms with van der Waals surface area (Å²) in [6, 6.07) is 7.24. The van der Waals surface area contributed by atoms with Crippen LogP contribution in [0.5, 0.6) is 5.75 Å². The molecule has 0 aliphatic rings. The number of ketones is 1. The Kier molecular flexibility index (Phi) is 3.69. The fraction of sp³-hybridized carbons (Fsp3) is 0.417. The van der Waals surface area contributed by atoms with E-state index in [1.807, 2.05) is 38.1 Å². The lowest BCUT2D eigenvalue weighted by Gasteiger charge is -2.04. The topological polar surface area (TPSA) is 26.3 Å². The van der Waals surface area contributed by atoms with Crippen LogP contribution in [0, 0.1) is 5.92 Å². The second-order valence-corrected chi connectivity index (χ2v) is 3.75. The van der Waals surface area contributed by atoms with Crippen molar-refractivity contribution < 1.29 is 9.53 Å². The summed E-state index contributed by atoms with van der Waals surface area (Å²) in [5.41, 5.74) is 0.763. The Morgan fingerprint density at radius 3 is 2.29 bits per heavy atom. The average molecular weight is 192 g/mol. The van der Waals surface area contributed by atoms with Crippen LogP contribution < -0.4 is 4.74 Å². The Bertz CT molecular complexity index is 299. The van der Waals surface area contributed by atoms with Gasteiger partial charge in [0, 0.05) is 12.0 Å². The predicted molar refractivity (Wildman–Crippen MR) is 56.8 cm³/mol. The number of hydrogen-bond acceptors (Lipinski definition) is 2. The van der Waals surface area contributed by atoms with Crippen LogP contribution in [-0.2, 0) is 0 Å². The van der Waals surface area contributed by atoms with E-state index in [0.717, 1.165) is 11.3 Å². The molecule has 14 heavy (non-hydrogen) atoms. The number of rotatable bonds is 4. The van der Waals surface area contributed by atoms with Crippen molar-refractivity contribution in [2.75, 3.05) is 7.11 Å². The van der Waals surface area contributed by atoms with Crippen LogP contribution in [0.2, 0.25) is 0 Å². The van der Waals surface area contributed by atoms with Crippen molar-refractivity contribution in [1.29, 1.82) is 0 Å². The molecule has 0 aliphatic carbocycles. The lowest BCUT2D eigenvalue weighted by atomic mass is 10.0. The van der Waals surface area contributed by atoms with Crippen molar-refractivity contribution in [2.45, 2.75) is 20.3 Å². The van der Waals surface area contributed by atoms with E-state index in [-0.39, 0.29) is 5.78 Å². The summed E-state index contributed by atoms with van der Waals surface area (Å²) in [5, 5.41) is 0. The highest BCUT2D eigenvalue weighted by Gasteiger charge is 2.07. The molecule has 2 nitrogen and oxygen atoms in total. The number of carbonyl (C=O) groups is 1. The molecule has 0 bridgehead atoms. The van der Waals surface area contributed by atoms with E-state index in [0.29, 0.717) is 12.3 Å². The number of methoxy groups -OCH3 is 1. The van der Waals surface area contributed by atoms with Crippen LogP contribution in [-0.4, -0.2) is 12.9 Å². The SMILES string of the molecule is COc1ccc(C(=O)CC(C)C)cc1. The first-order chi connectivity index (χ1) is 6.63. The molecule has 1 aromatic carbocycles. The normalized spacial score (nSPS) is 10.3. The van der Waals surface area contributed by atoms with E-state index in [1.165, 1.54) is 0 Å². The van der Waals surface area contributed by atoms with Gasteiger partial charge in [0.1, 0.15) is 5.75 Å². The molecule has 0 saturated carbocycles. The van der Waals surface area contributed by atoms with Crippen LogP contribution in [0.15, 0.2) is 24.3 Å². The minimum Gasteiger partial charge on any atom is -0.497 e. The zero-order chi connectivity index (χ0) is 10.6. The standard InChI is InChI=1S/C12H16O2/c1-9(2)8-12(13)10-4-6-11(14-3)7-5-10/h4-7,9H,8H2,1-3H3. The lowest BCUT2D eigenvalue weighted by molar-refractivity contribution is 0.0968. The molecule has 76 valence electrons. The molecule has 0 radical (unpaired) electrons. The summed E-state index contributed by atoms with van der Waals surface area (Å²) >= 11 is 0. The van der Waals surface area contributed by atoms with Gasteiger partial charge in [0.05, 0.1) is 7.11 Å². The van der Waals surface area contributed by atoms with E-state index in [4.69, 9.17) is 4.74 Å². The highest BCUT2D eigenvalue weighted by molar-refractivity contribution is 5.96. The van der Waals surface area contributed by atoms with Crippen LogP contribution in [0.3, 0.4) is 0 Å². The second-order valence-electron chi connectivity index (χ2n) is 3.75. The van der Waals surface area contributed by atoms with Gasteiger partial charge in [-0.2, -0.15) is 0 Å². The van der Waals surface area contributed by atoms with Gasteiger partial charge in [-0.05, 0) is 30.2 Å². The Morgan fingerprint density at radius 2 is 1.86 bits per heavy atom. The van der Waals surface area contributed by atoms with Gasteiger partial charge in [-0.3, -0.25) is 4.79 Å².